The summed E-state index contributed by atoms with van der Waals surface area (Å²) in [6.45, 7) is 14.9. The first-order chi connectivity index (χ1) is 16.2. The van der Waals surface area contributed by atoms with Crippen molar-refractivity contribution in [1.82, 2.24) is 0 Å². The van der Waals surface area contributed by atoms with Gasteiger partial charge in [0.1, 0.15) is 0 Å². The molecule has 0 aromatic heterocycles. The smallest absolute Gasteiger partial charge is 0.309 e. The Morgan fingerprint density at radius 1 is 0.441 bits per heavy atom. The van der Waals surface area contributed by atoms with Crippen LogP contribution in [0, 0.1) is 17.8 Å². The van der Waals surface area contributed by atoms with Gasteiger partial charge in [0.15, 0.2) is 0 Å². The Hall–Kier alpha value is 0.150. The highest BCUT2D eigenvalue weighted by Gasteiger charge is 2.23. The molecular weight excluding hydrogens is 439 g/mol. The Labute approximate surface area is 215 Å². The molecule has 0 heterocycles. The molecule has 0 radical (unpaired) electrons. The van der Waals surface area contributed by atoms with E-state index in [4.69, 9.17) is 9.05 Å². The van der Waals surface area contributed by atoms with Crippen LogP contribution in [0.4, 0.5) is 0 Å². The van der Waals surface area contributed by atoms with Gasteiger partial charge in [-0.2, -0.15) is 0 Å². The van der Waals surface area contributed by atoms with Gasteiger partial charge in [-0.25, -0.2) is 0 Å². The van der Waals surface area contributed by atoms with Crippen molar-refractivity contribution in [3.63, 3.8) is 0 Å². The molecule has 0 saturated heterocycles. The Morgan fingerprint density at radius 2 is 0.735 bits per heavy atom. The van der Waals surface area contributed by atoms with Crippen LogP contribution in [0.25, 0.3) is 0 Å². The molecular formula is C30H63O3P. The van der Waals surface area contributed by atoms with Gasteiger partial charge in [0.2, 0.25) is 0 Å². The maximum atomic E-state index is 13.4. The fourth-order valence-electron chi connectivity index (χ4n) is 4.33. The lowest BCUT2D eigenvalue weighted by Crippen LogP contribution is -2.04. The molecule has 0 aromatic rings. The normalized spacial score (nSPS) is 12.5. The van der Waals surface area contributed by atoms with E-state index in [2.05, 4.69) is 41.5 Å². The molecule has 0 aliphatic rings. The first-order valence-electron chi connectivity index (χ1n) is 15.1. The van der Waals surface area contributed by atoms with E-state index in [1.165, 1.54) is 89.9 Å². The maximum absolute atomic E-state index is 13.4. The van der Waals surface area contributed by atoms with Crippen LogP contribution >= 0.6 is 7.60 Å². The molecule has 0 aromatic carbocycles. The van der Waals surface area contributed by atoms with E-state index < -0.39 is 7.60 Å². The molecule has 34 heavy (non-hydrogen) atoms. The molecule has 0 bridgehead atoms. The first kappa shape index (κ1) is 34.1. The van der Waals surface area contributed by atoms with Crippen molar-refractivity contribution in [3.05, 3.63) is 0 Å². The summed E-state index contributed by atoms with van der Waals surface area (Å²) in [5.74, 6) is 2.41. The largest absolute Gasteiger partial charge is 0.330 e. The third-order valence-electron chi connectivity index (χ3n) is 6.64. The van der Waals surface area contributed by atoms with Gasteiger partial charge >= 0.3 is 7.60 Å². The minimum atomic E-state index is -2.94. The van der Waals surface area contributed by atoms with Crippen molar-refractivity contribution in [2.45, 2.75) is 157 Å². The van der Waals surface area contributed by atoms with Crippen molar-refractivity contribution in [1.29, 1.82) is 0 Å². The third-order valence-corrected chi connectivity index (χ3v) is 8.66. The van der Waals surface area contributed by atoms with Gasteiger partial charge in [-0.3, -0.25) is 4.57 Å². The zero-order chi connectivity index (χ0) is 25.5. The second-order valence-corrected chi connectivity index (χ2v) is 14.0. The number of unbranched alkanes of at least 4 members (excludes halogenated alkanes) is 12. The fraction of sp³-hybridized carbons (Fsp3) is 1.00. The summed E-state index contributed by atoms with van der Waals surface area (Å²) in [6.07, 6.45) is 22.6. The molecule has 0 rings (SSSR count). The van der Waals surface area contributed by atoms with E-state index >= 15 is 0 Å². The van der Waals surface area contributed by atoms with Crippen molar-refractivity contribution < 1.29 is 13.6 Å². The SMILES string of the molecule is CC(C)CCCCCCCOP(=O)(CCCCCCCC(C)C)OCCCCCCCC(C)C. The van der Waals surface area contributed by atoms with Gasteiger partial charge in [-0.15, -0.1) is 0 Å². The van der Waals surface area contributed by atoms with Gasteiger partial charge in [-0.1, -0.05) is 138 Å². The number of rotatable bonds is 26. The molecule has 206 valence electrons. The average molecular weight is 503 g/mol. The van der Waals surface area contributed by atoms with Crippen LogP contribution in [0.5, 0.6) is 0 Å². The highest BCUT2D eigenvalue weighted by molar-refractivity contribution is 7.53. The summed E-state index contributed by atoms with van der Waals surface area (Å²) >= 11 is 0. The molecule has 0 unspecified atom stereocenters. The zero-order valence-corrected chi connectivity index (χ0v) is 25.1. The monoisotopic (exact) mass is 502 g/mol. The Kier molecular flexibility index (Phi) is 23.6. The van der Waals surface area contributed by atoms with Crippen LogP contribution in [0.2, 0.25) is 0 Å². The van der Waals surface area contributed by atoms with Crippen LogP contribution in [0.1, 0.15) is 157 Å². The average Bonchev–Trinajstić information content (AvgIpc) is 2.76. The van der Waals surface area contributed by atoms with Gasteiger partial charge in [-0.05, 0) is 37.0 Å². The minimum Gasteiger partial charge on any atom is -0.309 e. The fourth-order valence-corrected chi connectivity index (χ4v) is 6.09. The van der Waals surface area contributed by atoms with Gasteiger partial charge in [0.05, 0.1) is 19.4 Å². The van der Waals surface area contributed by atoms with Crippen molar-refractivity contribution in [2.24, 2.45) is 17.8 Å². The van der Waals surface area contributed by atoms with Gasteiger partial charge in [0, 0.05) is 0 Å². The van der Waals surface area contributed by atoms with Crippen LogP contribution in [0.15, 0.2) is 0 Å². The van der Waals surface area contributed by atoms with E-state index in [9.17, 15) is 4.57 Å². The molecule has 4 heteroatoms. The maximum Gasteiger partial charge on any atom is 0.330 e. The standard InChI is InChI=1S/C30H63O3P/c1-28(2)22-16-10-7-13-19-25-32-34(31,27-21-15-9-12-18-24-30(5)6)33-26-20-14-8-11-17-23-29(3)4/h28-30H,7-27H2,1-6H3. The van der Waals surface area contributed by atoms with Gasteiger partial charge in [0.25, 0.3) is 0 Å². The second-order valence-electron chi connectivity index (χ2n) is 11.9. The van der Waals surface area contributed by atoms with Crippen LogP contribution in [-0.4, -0.2) is 19.4 Å². The molecule has 0 atom stereocenters. The first-order valence-corrected chi connectivity index (χ1v) is 16.9. The van der Waals surface area contributed by atoms with Gasteiger partial charge < -0.3 is 9.05 Å². The van der Waals surface area contributed by atoms with Crippen molar-refractivity contribution in [3.8, 4) is 0 Å². The molecule has 0 saturated carbocycles. The molecule has 0 N–H and O–H groups in total. The molecule has 0 aliphatic heterocycles. The molecule has 0 spiro atoms. The Bertz CT molecular complexity index is 434. The van der Waals surface area contributed by atoms with Crippen LogP contribution < -0.4 is 0 Å². The quantitative estimate of drug-likeness (QED) is 0.0871. The molecule has 0 aliphatic carbocycles. The topological polar surface area (TPSA) is 35.5 Å². The highest BCUT2D eigenvalue weighted by Crippen LogP contribution is 2.49. The van der Waals surface area contributed by atoms with Crippen LogP contribution in [-0.2, 0) is 13.6 Å². The predicted octanol–water partition coefficient (Wildman–Crippen LogP) is 11.2. The summed E-state index contributed by atoms with van der Waals surface area (Å²) in [4.78, 5) is 0. The van der Waals surface area contributed by atoms with Crippen molar-refractivity contribution in [2.75, 3.05) is 19.4 Å². The molecule has 3 nitrogen and oxygen atoms in total. The number of hydrogen-bond acceptors (Lipinski definition) is 3. The summed E-state index contributed by atoms with van der Waals surface area (Å²) in [5, 5.41) is 0. The summed E-state index contributed by atoms with van der Waals surface area (Å²) < 4.78 is 25.2. The highest BCUT2D eigenvalue weighted by atomic mass is 31.2. The molecule has 0 amide bonds. The van der Waals surface area contributed by atoms with E-state index in [1.54, 1.807) is 0 Å². The summed E-state index contributed by atoms with van der Waals surface area (Å²) in [6, 6.07) is 0. The van der Waals surface area contributed by atoms with E-state index in [0.29, 0.717) is 19.4 Å². The van der Waals surface area contributed by atoms with E-state index in [1.807, 2.05) is 0 Å². The van der Waals surface area contributed by atoms with E-state index in [0.717, 1.165) is 43.4 Å². The summed E-state index contributed by atoms with van der Waals surface area (Å²) in [7, 11) is -2.94. The Morgan fingerprint density at radius 3 is 1.09 bits per heavy atom. The van der Waals surface area contributed by atoms with Crippen LogP contribution in [0.3, 0.4) is 0 Å². The zero-order valence-electron chi connectivity index (χ0n) is 24.3. The minimum absolute atomic E-state index is 0.588. The second kappa shape index (κ2) is 23.5. The number of hydrogen-bond donors (Lipinski definition) is 0. The predicted molar refractivity (Wildman–Crippen MR) is 152 cm³/mol. The lowest BCUT2D eigenvalue weighted by atomic mass is 10.0. The lowest BCUT2D eigenvalue weighted by Gasteiger charge is -2.19. The summed E-state index contributed by atoms with van der Waals surface area (Å²) in [5.41, 5.74) is 0. The van der Waals surface area contributed by atoms with E-state index in [-0.39, 0.29) is 0 Å². The van der Waals surface area contributed by atoms with Crippen molar-refractivity contribution >= 4 is 7.60 Å². The lowest BCUT2D eigenvalue weighted by molar-refractivity contribution is 0.197. The molecule has 0 fully saturated rings. The Balaban J connectivity index is 4.13. The third kappa shape index (κ3) is 25.2.